The van der Waals surface area contributed by atoms with E-state index in [1.807, 2.05) is 0 Å². The number of hydrogen-bond donors (Lipinski definition) is 1. The summed E-state index contributed by atoms with van der Waals surface area (Å²) < 4.78 is 4.19. The predicted octanol–water partition coefficient (Wildman–Crippen LogP) is -0.682. The molecule has 4 heteroatoms. The minimum atomic E-state index is -0.745. The van der Waals surface area contributed by atoms with E-state index in [1.54, 1.807) is 0 Å². The van der Waals surface area contributed by atoms with Crippen LogP contribution in [-0.4, -0.2) is 19.1 Å². The molecule has 0 aliphatic heterocycles. The Labute approximate surface area is 62.8 Å². The number of hydrogen-bond acceptors (Lipinski definition) is 3. The van der Waals surface area contributed by atoms with Crippen LogP contribution in [0, 0.1) is 6.92 Å². The summed E-state index contributed by atoms with van der Waals surface area (Å²) in [4.78, 5) is 10.1. The Morgan fingerprint density at radius 2 is 2.25 bits per heavy atom. The van der Waals surface area contributed by atoms with Crippen molar-refractivity contribution in [1.29, 1.82) is 0 Å². The third-order valence-electron chi connectivity index (χ3n) is 0.504. The molecular formula is C4H8NO2W-. The van der Waals surface area contributed by atoms with Crippen molar-refractivity contribution in [2.45, 2.75) is 6.04 Å². The summed E-state index contributed by atoms with van der Waals surface area (Å²) in [6, 6.07) is -0.745. The summed E-state index contributed by atoms with van der Waals surface area (Å²) in [6.07, 6.45) is 0. The summed E-state index contributed by atoms with van der Waals surface area (Å²) in [5, 5.41) is 0. The molecule has 0 bridgehead atoms. The molecule has 0 saturated heterocycles. The van der Waals surface area contributed by atoms with E-state index in [9.17, 15) is 4.79 Å². The molecule has 0 aliphatic carbocycles. The fourth-order valence-electron chi connectivity index (χ4n) is 0.151. The van der Waals surface area contributed by atoms with Gasteiger partial charge in [-0.05, 0) is 6.04 Å². The van der Waals surface area contributed by atoms with Gasteiger partial charge in [-0.25, -0.2) is 0 Å². The van der Waals surface area contributed by atoms with Gasteiger partial charge >= 0.3 is 0 Å². The molecule has 0 aliphatic rings. The number of ether oxygens (including phenoxy) is 1. The van der Waals surface area contributed by atoms with Crippen LogP contribution in [0.1, 0.15) is 0 Å². The zero-order chi connectivity index (χ0) is 5.86. The summed E-state index contributed by atoms with van der Waals surface area (Å²) >= 11 is 0. The normalized spacial score (nSPS) is 11.4. The van der Waals surface area contributed by atoms with Crippen molar-refractivity contribution >= 4 is 5.97 Å². The third-order valence-corrected chi connectivity index (χ3v) is 0.504. The molecule has 0 rings (SSSR count). The van der Waals surface area contributed by atoms with Crippen LogP contribution in [0.3, 0.4) is 0 Å². The van der Waals surface area contributed by atoms with Gasteiger partial charge in [-0.3, -0.25) is 4.79 Å². The summed E-state index contributed by atoms with van der Waals surface area (Å²) in [5.41, 5.74) is 4.96. The number of esters is 1. The molecular weight excluding hydrogens is 278 g/mol. The largest absolute Gasteiger partial charge is 0.470 e. The fourth-order valence-corrected chi connectivity index (χ4v) is 0.151. The molecule has 0 spiro atoms. The fraction of sp³-hybridized carbons (Fsp3) is 0.500. The van der Waals surface area contributed by atoms with Gasteiger partial charge in [0.05, 0.1) is 7.11 Å². The standard InChI is InChI=1S/C4H8NO2.W/c1-3(5)4(6)7-2;/h3H,1,5H2,2H3;/q-1;. The molecule has 2 N–H and O–H groups in total. The minimum Gasteiger partial charge on any atom is -0.470 e. The second-order valence-corrected chi connectivity index (χ2v) is 1.13. The molecule has 0 aromatic heterocycles. The number of carbonyl (C=O) groups excluding carboxylic acids is 1. The van der Waals surface area contributed by atoms with E-state index in [0.29, 0.717) is 0 Å². The Morgan fingerprint density at radius 3 is 2.25 bits per heavy atom. The Balaban J connectivity index is 0. The van der Waals surface area contributed by atoms with Crippen molar-refractivity contribution in [1.82, 2.24) is 0 Å². The van der Waals surface area contributed by atoms with E-state index in [-0.39, 0.29) is 21.1 Å². The van der Waals surface area contributed by atoms with Gasteiger partial charge in [0, 0.05) is 21.1 Å². The van der Waals surface area contributed by atoms with Gasteiger partial charge in [-0.1, -0.05) is 0 Å². The third kappa shape index (κ3) is 4.28. The zero-order valence-electron chi connectivity index (χ0n) is 4.59. The summed E-state index contributed by atoms with van der Waals surface area (Å²) in [5.74, 6) is -0.486. The van der Waals surface area contributed by atoms with E-state index in [4.69, 9.17) is 5.73 Å². The first-order valence-electron chi connectivity index (χ1n) is 1.85. The van der Waals surface area contributed by atoms with Crippen LogP contribution in [0.15, 0.2) is 0 Å². The smallest absolute Gasteiger partial charge is 0.291 e. The molecule has 0 heterocycles. The van der Waals surface area contributed by atoms with Crippen molar-refractivity contribution in [3.05, 3.63) is 6.92 Å². The van der Waals surface area contributed by atoms with Crippen molar-refractivity contribution in [3.8, 4) is 0 Å². The second kappa shape index (κ2) is 5.26. The second-order valence-electron chi connectivity index (χ2n) is 1.13. The van der Waals surface area contributed by atoms with Crippen LogP contribution < -0.4 is 5.73 Å². The Bertz CT molecular complexity index is 74.4. The molecule has 0 saturated carbocycles. The maximum atomic E-state index is 10.1. The van der Waals surface area contributed by atoms with Crippen LogP contribution >= 0.6 is 0 Å². The topological polar surface area (TPSA) is 52.3 Å². The monoisotopic (exact) mass is 286 g/mol. The Hall–Kier alpha value is 0.118. The first-order chi connectivity index (χ1) is 3.18. The molecule has 0 amide bonds. The van der Waals surface area contributed by atoms with Crippen molar-refractivity contribution in [3.63, 3.8) is 0 Å². The number of carbonyl (C=O) groups is 1. The molecule has 0 fully saturated rings. The van der Waals surface area contributed by atoms with Crippen LogP contribution in [0.5, 0.6) is 0 Å². The van der Waals surface area contributed by atoms with Crippen molar-refractivity contribution in [2.75, 3.05) is 7.11 Å². The molecule has 8 heavy (non-hydrogen) atoms. The van der Waals surface area contributed by atoms with E-state index >= 15 is 0 Å². The average Bonchev–Trinajstić information content (AvgIpc) is 1.65. The van der Waals surface area contributed by atoms with E-state index < -0.39 is 12.0 Å². The van der Waals surface area contributed by atoms with Crippen LogP contribution in [0.2, 0.25) is 0 Å². The van der Waals surface area contributed by atoms with Gasteiger partial charge in [-0.2, -0.15) is 0 Å². The minimum absolute atomic E-state index is 0. The summed E-state index contributed by atoms with van der Waals surface area (Å²) in [7, 11) is 1.27. The maximum Gasteiger partial charge on any atom is 0.291 e. The maximum absolute atomic E-state index is 10.1. The van der Waals surface area contributed by atoms with Gasteiger partial charge in [0.25, 0.3) is 5.97 Å². The number of nitrogens with two attached hydrogens (primary N) is 1. The first-order valence-corrected chi connectivity index (χ1v) is 1.85. The molecule has 0 radical (unpaired) electrons. The number of methoxy groups -OCH3 is 1. The molecule has 0 aromatic carbocycles. The van der Waals surface area contributed by atoms with Gasteiger partial charge in [0.15, 0.2) is 0 Å². The first kappa shape index (κ1) is 11.0. The molecule has 1 unspecified atom stereocenters. The average molecular weight is 286 g/mol. The zero-order valence-corrected chi connectivity index (χ0v) is 7.52. The molecule has 48 valence electrons. The SMILES string of the molecule is [CH2-]C(N)C(=O)OC.[W]. The quantitative estimate of drug-likeness (QED) is 0.513. The predicted molar refractivity (Wildman–Crippen MR) is 25.3 cm³/mol. The Morgan fingerprint density at radius 1 is 1.88 bits per heavy atom. The molecule has 0 aromatic rings. The Kier molecular flexibility index (Phi) is 7.22. The van der Waals surface area contributed by atoms with Crippen LogP contribution in [-0.2, 0) is 30.6 Å². The van der Waals surface area contributed by atoms with Gasteiger partial charge in [-0.15, -0.1) is 0 Å². The van der Waals surface area contributed by atoms with Crippen molar-refractivity contribution in [2.24, 2.45) is 5.73 Å². The van der Waals surface area contributed by atoms with E-state index in [1.165, 1.54) is 7.11 Å². The van der Waals surface area contributed by atoms with Gasteiger partial charge in [0.2, 0.25) is 0 Å². The van der Waals surface area contributed by atoms with E-state index in [2.05, 4.69) is 11.7 Å². The van der Waals surface area contributed by atoms with Gasteiger partial charge < -0.3 is 17.4 Å². The molecule has 1 atom stereocenters. The van der Waals surface area contributed by atoms with Crippen LogP contribution in [0.4, 0.5) is 0 Å². The molecule has 3 nitrogen and oxygen atoms in total. The van der Waals surface area contributed by atoms with Crippen molar-refractivity contribution < 1.29 is 30.6 Å². The summed E-state index contributed by atoms with van der Waals surface area (Å²) in [6.45, 7) is 3.21. The number of rotatable bonds is 1. The van der Waals surface area contributed by atoms with E-state index in [0.717, 1.165) is 0 Å². The van der Waals surface area contributed by atoms with Crippen LogP contribution in [0.25, 0.3) is 0 Å². The van der Waals surface area contributed by atoms with Gasteiger partial charge in [0.1, 0.15) is 0 Å².